The van der Waals surface area contributed by atoms with Crippen molar-refractivity contribution in [1.82, 2.24) is 0 Å². The number of carbonyl (C=O) groups excluding carboxylic acids is 1. The lowest BCUT2D eigenvalue weighted by Gasteiger charge is -2.10. The molecular weight excluding hydrogens is 196 g/mol. The molecular formula is C11H11O2S. The van der Waals surface area contributed by atoms with Gasteiger partial charge in [-0.15, -0.1) is 0 Å². The highest BCUT2D eigenvalue weighted by Gasteiger charge is 2.09. The predicted molar refractivity (Wildman–Crippen MR) is 58.3 cm³/mol. The number of hydrogen-bond acceptors (Lipinski definition) is 3. The van der Waals surface area contributed by atoms with Gasteiger partial charge in [0, 0.05) is 13.3 Å². The number of benzene rings is 1. The van der Waals surface area contributed by atoms with Crippen LogP contribution >= 0.6 is 12.2 Å². The molecule has 0 aliphatic carbocycles. The van der Waals surface area contributed by atoms with Crippen molar-refractivity contribution in [2.75, 3.05) is 0 Å². The average Bonchev–Trinajstić information content (AvgIpc) is 2.17. The third kappa shape index (κ3) is 3.66. The highest BCUT2D eigenvalue weighted by molar-refractivity contribution is 7.79. The van der Waals surface area contributed by atoms with Crippen LogP contribution in [-0.2, 0) is 16.0 Å². The lowest BCUT2D eigenvalue weighted by molar-refractivity contribution is -0.142. The molecule has 0 fully saturated rings. The molecule has 0 N–H and O–H groups in total. The van der Waals surface area contributed by atoms with Gasteiger partial charge in [-0.25, -0.2) is 0 Å². The Morgan fingerprint density at radius 3 is 2.64 bits per heavy atom. The van der Waals surface area contributed by atoms with Gasteiger partial charge in [0.15, 0.2) is 0 Å². The Labute approximate surface area is 88.9 Å². The zero-order valence-electron chi connectivity index (χ0n) is 7.90. The SMILES string of the molecule is CC(=O)OC([C]=S)Cc1ccccc1. The Morgan fingerprint density at radius 2 is 2.14 bits per heavy atom. The normalized spacial score (nSPS) is 11.8. The van der Waals surface area contributed by atoms with Gasteiger partial charge in [-0.3, -0.25) is 4.79 Å². The molecule has 2 nitrogen and oxygen atoms in total. The molecule has 1 atom stereocenters. The van der Waals surface area contributed by atoms with E-state index < -0.39 is 6.10 Å². The van der Waals surface area contributed by atoms with E-state index in [0.717, 1.165) is 5.56 Å². The number of rotatable bonds is 4. The first-order chi connectivity index (χ1) is 6.72. The summed E-state index contributed by atoms with van der Waals surface area (Å²) in [5, 5.41) is 2.52. The number of hydrogen-bond donors (Lipinski definition) is 0. The maximum atomic E-state index is 10.7. The standard InChI is InChI=1S/C11H11O2S/c1-9(12)13-11(8-14)7-10-5-3-2-4-6-10/h2-6,11H,7H2,1H3. The van der Waals surface area contributed by atoms with Crippen molar-refractivity contribution < 1.29 is 9.53 Å². The first-order valence-corrected chi connectivity index (χ1v) is 4.72. The van der Waals surface area contributed by atoms with Gasteiger partial charge in [0.2, 0.25) is 0 Å². The zero-order valence-corrected chi connectivity index (χ0v) is 8.71. The minimum absolute atomic E-state index is 0.330. The van der Waals surface area contributed by atoms with Crippen LogP contribution in [0.25, 0.3) is 0 Å². The molecule has 0 aromatic heterocycles. The van der Waals surface area contributed by atoms with Gasteiger partial charge in [-0.2, -0.15) is 0 Å². The highest BCUT2D eigenvalue weighted by Crippen LogP contribution is 2.04. The largest absolute Gasteiger partial charge is 0.456 e. The quantitative estimate of drug-likeness (QED) is 0.558. The van der Waals surface area contributed by atoms with Crippen molar-refractivity contribution in [3.8, 4) is 0 Å². The predicted octanol–water partition coefficient (Wildman–Crippen LogP) is 2.04. The molecule has 3 heteroatoms. The Morgan fingerprint density at radius 1 is 1.50 bits per heavy atom. The molecule has 0 aliphatic rings. The fraction of sp³-hybridized carbons (Fsp3) is 0.273. The van der Waals surface area contributed by atoms with Crippen LogP contribution in [0.15, 0.2) is 30.3 Å². The van der Waals surface area contributed by atoms with Gasteiger partial charge < -0.3 is 4.74 Å². The third-order valence-corrected chi connectivity index (χ3v) is 1.97. The van der Waals surface area contributed by atoms with Gasteiger partial charge in [-0.1, -0.05) is 42.5 Å². The smallest absolute Gasteiger partial charge is 0.303 e. The van der Waals surface area contributed by atoms with Crippen molar-refractivity contribution in [1.29, 1.82) is 0 Å². The fourth-order valence-corrected chi connectivity index (χ4v) is 1.27. The summed E-state index contributed by atoms with van der Waals surface area (Å²) in [6.45, 7) is 1.37. The molecule has 1 unspecified atom stereocenters. The molecule has 0 bridgehead atoms. The molecule has 0 aliphatic heterocycles. The molecule has 14 heavy (non-hydrogen) atoms. The average molecular weight is 207 g/mol. The number of ether oxygens (including phenoxy) is 1. The van der Waals surface area contributed by atoms with Crippen molar-refractivity contribution in [3.63, 3.8) is 0 Å². The fourth-order valence-electron chi connectivity index (χ4n) is 1.14. The summed E-state index contributed by atoms with van der Waals surface area (Å²) in [5.41, 5.74) is 1.08. The van der Waals surface area contributed by atoms with Crippen LogP contribution in [0.1, 0.15) is 12.5 Å². The summed E-state index contributed by atoms with van der Waals surface area (Å²) in [7, 11) is 0. The summed E-state index contributed by atoms with van der Waals surface area (Å²) in [6.07, 6.45) is 0.161. The molecule has 1 radical (unpaired) electrons. The van der Waals surface area contributed by atoms with Gasteiger partial charge >= 0.3 is 5.97 Å². The van der Waals surface area contributed by atoms with Crippen molar-refractivity contribution in [2.45, 2.75) is 19.4 Å². The van der Waals surface area contributed by atoms with Gasteiger partial charge in [-0.05, 0) is 5.56 Å². The lowest BCUT2D eigenvalue weighted by Crippen LogP contribution is -2.19. The molecule has 1 aromatic carbocycles. The summed E-state index contributed by atoms with van der Waals surface area (Å²) in [4.78, 5) is 10.7. The van der Waals surface area contributed by atoms with E-state index in [9.17, 15) is 4.79 Å². The van der Waals surface area contributed by atoms with Gasteiger partial charge in [0.25, 0.3) is 0 Å². The van der Waals surface area contributed by atoms with E-state index in [1.54, 1.807) is 0 Å². The Hall–Kier alpha value is -1.22. The molecule has 0 amide bonds. The second-order valence-corrected chi connectivity index (χ2v) is 3.14. The zero-order chi connectivity index (χ0) is 10.4. The molecule has 0 saturated carbocycles. The van der Waals surface area contributed by atoms with E-state index in [-0.39, 0.29) is 5.97 Å². The minimum Gasteiger partial charge on any atom is -0.456 e. The van der Waals surface area contributed by atoms with Crippen LogP contribution in [0, 0.1) is 0 Å². The number of carbonyl (C=O) groups is 1. The minimum atomic E-state index is -0.426. The van der Waals surface area contributed by atoms with Gasteiger partial charge in [0.1, 0.15) is 6.10 Å². The van der Waals surface area contributed by atoms with Crippen LogP contribution < -0.4 is 0 Å². The van der Waals surface area contributed by atoms with Crippen LogP contribution in [0.2, 0.25) is 0 Å². The second kappa shape index (κ2) is 5.50. The Kier molecular flexibility index (Phi) is 4.26. The Bertz CT molecular complexity index is 308. The summed E-state index contributed by atoms with van der Waals surface area (Å²) in [5.74, 6) is -0.330. The van der Waals surface area contributed by atoms with Gasteiger partial charge in [0.05, 0.1) is 5.37 Å². The third-order valence-electron chi connectivity index (χ3n) is 1.70. The number of esters is 1. The maximum Gasteiger partial charge on any atom is 0.303 e. The second-order valence-electron chi connectivity index (χ2n) is 2.91. The van der Waals surface area contributed by atoms with Crippen molar-refractivity contribution in [2.24, 2.45) is 0 Å². The van der Waals surface area contributed by atoms with E-state index in [2.05, 4.69) is 17.6 Å². The van der Waals surface area contributed by atoms with Crippen LogP contribution in [0.3, 0.4) is 0 Å². The van der Waals surface area contributed by atoms with E-state index in [1.165, 1.54) is 6.92 Å². The van der Waals surface area contributed by atoms with Crippen LogP contribution in [0.4, 0.5) is 0 Å². The Balaban J connectivity index is 2.57. The summed E-state index contributed by atoms with van der Waals surface area (Å²) in [6, 6.07) is 9.73. The van der Waals surface area contributed by atoms with Crippen molar-refractivity contribution in [3.05, 3.63) is 35.9 Å². The maximum absolute atomic E-state index is 10.7. The molecule has 0 saturated heterocycles. The summed E-state index contributed by atoms with van der Waals surface area (Å²) < 4.78 is 4.95. The number of thiocarbonyl (C=S) groups is 1. The van der Waals surface area contributed by atoms with E-state index in [1.807, 2.05) is 30.3 Å². The van der Waals surface area contributed by atoms with E-state index >= 15 is 0 Å². The van der Waals surface area contributed by atoms with E-state index in [0.29, 0.717) is 6.42 Å². The summed E-state index contributed by atoms with van der Waals surface area (Å²) >= 11 is 4.66. The molecule has 0 spiro atoms. The van der Waals surface area contributed by atoms with Crippen molar-refractivity contribution >= 4 is 23.6 Å². The van der Waals surface area contributed by atoms with E-state index in [4.69, 9.17) is 4.74 Å². The van der Waals surface area contributed by atoms with Crippen LogP contribution in [0.5, 0.6) is 0 Å². The molecule has 1 aromatic rings. The lowest BCUT2D eigenvalue weighted by atomic mass is 10.1. The topological polar surface area (TPSA) is 26.3 Å². The highest BCUT2D eigenvalue weighted by atomic mass is 32.1. The van der Waals surface area contributed by atoms with Crippen LogP contribution in [-0.4, -0.2) is 17.4 Å². The first kappa shape index (κ1) is 10.9. The first-order valence-electron chi connectivity index (χ1n) is 4.31. The molecule has 73 valence electrons. The molecule has 1 rings (SSSR count). The monoisotopic (exact) mass is 207 g/mol. The molecule has 0 heterocycles.